The molecule has 0 unspecified atom stereocenters. The van der Waals surface area contributed by atoms with Crippen LogP contribution in [0, 0.1) is 11.7 Å². The van der Waals surface area contributed by atoms with Gasteiger partial charge in [0.05, 0.1) is 11.4 Å². The summed E-state index contributed by atoms with van der Waals surface area (Å²) in [6.45, 7) is 3.45. The first-order valence-electron chi connectivity index (χ1n) is 10.0. The first kappa shape index (κ1) is 19.6. The van der Waals surface area contributed by atoms with Crippen molar-refractivity contribution < 1.29 is 9.18 Å². The highest BCUT2D eigenvalue weighted by atomic mass is 32.1. The third kappa shape index (κ3) is 4.32. The van der Waals surface area contributed by atoms with Gasteiger partial charge in [-0.25, -0.2) is 9.37 Å². The third-order valence-corrected chi connectivity index (χ3v) is 6.47. The van der Waals surface area contributed by atoms with Crippen molar-refractivity contribution in [2.45, 2.75) is 26.2 Å². The second-order valence-corrected chi connectivity index (χ2v) is 8.30. The van der Waals surface area contributed by atoms with Gasteiger partial charge >= 0.3 is 0 Å². The van der Waals surface area contributed by atoms with Gasteiger partial charge in [0.25, 0.3) is 0 Å². The number of carbonyl (C=O) groups excluding carboxylic acids is 1. The molecule has 0 aliphatic carbocycles. The van der Waals surface area contributed by atoms with Crippen LogP contribution in [-0.4, -0.2) is 24.0 Å². The largest absolute Gasteiger partial charge is 0.369 e. The minimum atomic E-state index is -0.210. The summed E-state index contributed by atoms with van der Waals surface area (Å²) in [4.78, 5) is 20.7. The number of carbonyl (C=O) groups is 1. The molecule has 0 bridgehead atoms. The Morgan fingerprint density at radius 2 is 1.83 bits per heavy atom. The molecule has 0 spiro atoms. The Kier molecular flexibility index (Phi) is 5.90. The number of nitrogens with zero attached hydrogens (tertiary/aromatic N) is 2. The lowest BCUT2D eigenvalue weighted by atomic mass is 9.95. The lowest BCUT2D eigenvalue weighted by Crippen LogP contribution is -2.38. The molecule has 4 rings (SSSR count). The fraction of sp³-hybridized carbons (Fsp3) is 0.304. The molecule has 4 nitrogen and oxygen atoms in total. The Bertz CT molecular complexity index is 981. The quantitative estimate of drug-likeness (QED) is 0.616. The summed E-state index contributed by atoms with van der Waals surface area (Å²) in [5, 5.41) is 3.67. The number of para-hydroxylation sites is 1. The monoisotopic (exact) mass is 409 g/mol. The average Bonchev–Trinajstić information content (AvgIpc) is 3.17. The number of piperidine rings is 1. The van der Waals surface area contributed by atoms with E-state index in [1.54, 1.807) is 23.5 Å². The van der Waals surface area contributed by atoms with Crippen LogP contribution in [0.5, 0.6) is 0 Å². The molecule has 0 saturated carbocycles. The number of hydrogen-bond acceptors (Lipinski definition) is 4. The predicted octanol–water partition coefficient (Wildman–Crippen LogP) is 5.37. The fourth-order valence-electron chi connectivity index (χ4n) is 3.76. The summed E-state index contributed by atoms with van der Waals surface area (Å²) in [6.07, 6.45) is 2.29. The van der Waals surface area contributed by atoms with Crippen molar-refractivity contribution >= 4 is 28.1 Å². The van der Waals surface area contributed by atoms with E-state index < -0.39 is 0 Å². The maximum Gasteiger partial charge on any atom is 0.229 e. The lowest BCUT2D eigenvalue weighted by Gasteiger charge is -2.33. The van der Waals surface area contributed by atoms with Gasteiger partial charge in [0, 0.05) is 29.4 Å². The fourth-order valence-corrected chi connectivity index (χ4v) is 4.69. The standard InChI is InChI=1S/C23H24FN3OS/c1-2-20-21(16-8-4-3-5-9-16)25-23(29-20)26-22(28)17-12-14-27(15-13-17)19-11-7-6-10-18(19)24/h3-11,17H,2,12-15H2,1H3,(H,25,26,28). The zero-order valence-electron chi connectivity index (χ0n) is 16.4. The van der Waals surface area contributed by atoms with E-state index in [0.29, 0.717) is 36.8 Å². The van der Waals surface area contributed by atoms with Gasteiger partial charge in [0.15, 0.2) is 5.13 Å². The molecule has 1 N–H and O–H groups in total. The van der Waals surface area contributed by atoms with Gasteiger partial charge in [-0.2, -0.15) is 0 Å². The van der Waals surface area contributed by atoms with Crippen LogP contribution in [0.1, 0.15) is 24.6 Å². The van der Waals surface area contributed by atoms with Crippen molar-refractivity contribution in [3.05, 3.63) is 65.3 Å². The molecule has 150 valence electrons. The topological polar surface area (TPSA) is 45.2 Å². The Balaban J connectivity index is 1.40. The van der Waals surface area contributed by atoms with Crippen molar-refractivity contribution in [3.63, 3.8) is 0 Å². The molecule has 29 heavy (non-hydrogen) atoms. The van der Waals surface area contributed by atoms with Crippen LogP contribution in [0.15, 0.2) is 54.6 Å². The second-order valence-electron chi connectivity index (χ2n) is 7.21. The molecule has 1 aliphatic heterocycles. The number of rotatable bonds is 5. The summed E-state index contributed by atoms with van der Waals surface area (Å²) in [5.41, 5.74) is 2.63. The zero-order chi connectivity index (χ0) is 20.2. The maximum atomic E-state index is 14.0. The number of anilines is 2. The molecule has 0 atom stereocenters. The normalized spacial score (nSPS) is 14.8. The Hall–Kier alpha value is -2.73. The molecule has 2 heterocycles. The van der Waals surface area contributed by atoms with Crippen molar-refractivity contribution in [1.29, 1.82) is 0 Å². The van der Waals surface area contributed by atoms with Crippen molar-refractivity contribution in [3.8, 4) is 11.3 Å². The van der Waals surface area contributed by atoms with Gasteiger partial charge in [0.1, 0.15) is 5.82 Å². The highest BCUT2D eigenvalue weighted by molar-refractivity contribution is 7.16. The zero-order valence-corrected chi connectivity index (χ0v) is 17.2. The van der Waals surface area contributed by atoms with Gasteiger partial charge < -0.3 is 10.2 Å². The SMILES string of the molecule is CCc1sc(NC(=O)C2CCN(c3ccccc3F)CC2)nc1-c1ccccc1. The summed E-state index contributed by atoms with van der Waals surface area (Å²) in [5.74, 6) is -0.278. The van der Waals surface area contributed by atoms with Crippen LogP contribution in [0.25, 0.3) is 11.3 Å². The number of aryl methyl sites for hydroxylation is 1. The van der Waals surface area contributed by atoms with Gasteiger partial charge in [0.2, 0.25) is 5.91 Å². The highest BCUT2D eigenvalue weighted by Crippen LogP contribution is 2.32. The number of hydrogen-bond donors (Lipinski definition) is 1. The first-order valence-corrected chi connectivity index (χ1v) is 10.8. The van der Waals surface area contributed by atoms with Crippen molar-refractivity contribution in [2.75, 3.05) is 23.3 Å². The molecule has 1 amide bonds. The minimum absolute atomic E-state index is 0.00852. The summed E-state index contributed by atoms with van der Waals surface area (Å²) in [7, 11) is 0. The second kappa shape index (κ2) is 8.74. The van der Waals surface area contributed by atoms with Crippen LogP contribution in [0.2, 0.25) is 0 Å². The van der Waals surface area contributed by atoms with E-state index in [0.717, 1.165) is 17.7 Å². The summed E-state index contributed by atoms with van der Waals surface area (Å²) in [6, 6.07) is 16.9. The van der Waals surface area contributed by atoms with Gasteiger partial charge in [-0.1, -0.05) is 49.4 Å². The number of nitrogens with one attached hydrogen (secondary N) is 1. The first-order chi connectivity index (χ1) is 14.2. The number of thiazole rings is 1. The van der Waals surface area contributed by atoms with Gasteiger partial charge in [-0.3, -0.25) is 4.79 Å². The number of aromatic nitrogens is 1. The molecule has 2 aromatic carbocycles. The van der Waals surface area contributed by atoms with E-state index in [9.17, 15) is 9.18 Å². The maximum absolute atomic E-state index is 14.0. The van der Waals surface area contributed by atoms with Gasteiger partial charge in [-0.15, -0.1) is 11.3 Å². The van der Waals surface area contributed by atoms with E-state index >= 15 is 0 Å². The number of benzene rings is 2. The van der Waals surface area contributed by atoms with Crippen LogP contribution in [0.3, 0.4) is 0 Å². The molecular formula is C23H24FN3OS. The van der Waals surface area contributed by atoms with Crippen LogP contribution < -0.4 is 10.2 Å². The van der Waals surface area contributed by atoms with E-state index in [4.69, 9.17) is 0 Å². The average molecular weight is 410 g/mol. The Labute approximate surface area is 174 Å². The Morgan fingerprint density at radius 3 is 2.52 bits per heavy atom. The van der Waals surface area contributed by atoms with E-state index in [2.05, 4.69) is 17.2 Å². The molecule has 1 aromatic heterocycles. The summed E-state index contributed by atoms with van der Waals surface area (Å²) < 4.78 is 14.0. The number of halogens is 1. The number of amides is 1. The molecule has 0 radical (unpaired) electrons. The van der Waals surface area contributed by atoms with Crippen molar-refractivity contribution in [1.82, 2.24) is 4.98 Å². The molecular weight excluding hydrogens is 385 g/mol. The molecule has 6 heteroatoms. The van der Waals surface area contributed by atoms with Gasteiger partial charge in [-0.05, 0) is 31.4 Å². The van der Waals surface area contributed by atoms with Crippen LogP contribution in [0.4, 0.5) is 15.2 Å². The van der Waals surface area contributed by atoms with Crippen molar-refractivity contribution in [2.24, 2.45) is 5.92 Å². The molecule has 3 aromatic rings. The van der Waals surface area contributed by atoms with E-state index in [-0.39, 0.29) is 17.6 Å². The molecule has 1 saturated heterocycles. The van der Waals surface area contributed by atoms with E-state index in [1.807, 2.05) is 41.3 Å². The smallest absolute Gasteiger partial charge is 0.229 e. The van der Waals surface area contributed by atoms with Crippen LogP contribution >= 0.6 is 11.3 Å². The Morgan fingerprint density at radius 1 is 1.14 bits per heavy atom. The van der Waals surface area contributed by atoms with Crippen LogP contribution in [-0.2, 0) is 11.2 Å². The lowest BCUT2D eigenvalue weighted by molar-refractivity contribution is -0.120. The highest BCUT2D eigenvalue weighted by Gasteiger charge is 2.27. The predicted molar refractivity (Wildman–Crippen MR) is 117 cm³/mol. The molecule has 1 aliphatic rings. The molecule has 1 fully saturated rings. The minimum Gasteiger partial charge on any atom is -0.369 e. The summed E-state index contributed by atoms with van der Waals surface area (Å²) >= 11 is 1.54. The van der Waals surface area contributed by atoms with E-state index in [1.165, 1.54) is 10.9 Å². The third-order valence-electron chi connectivity index (χ3n) is 5.35.